The van der Waals surface area contributed by atoms with Crippen LogP contribution in [0, 0.1) is 5.92 Å². The van der Waals surface area contributed by atoms with Crippen molar-refractivity contribution in [1.29, 1.82) is 0 Å². The third-order valence-electron chi connectivity index (χ3n) is 4.87. The van der Waals surface area contributed by atoms with Gasteiger partial charge in [-0.25, -0.2) is 8.42 Å². The Morgan fingerprint density at radius 2 is 1.90 bits per heavy atom. The van der Waals surface area contributed by atoms with Crippen LogP contribution in [-0.4, -0.2) is 51.1 Å². The highest BCUT2D eigenvalue weighted by Crippen LogP contribution is 2.25. The van der Waals surface area contributed by atoms with Crippen LogP contribution in [0.5, 0.6) is 5.75 Å². The lowest BCUT2D eigenvalue weighted by Crippen LogP contribution is -2.45. The smallest absolute Gasteiger partial charge is 0.243 e. The van der Waals surface area contributed by atoms with Crippen LogP contribution < -0.4 is 10.1 Å². The molecule has 8 heteroatoms. The summed E-state index contributed by atoms with van der Waals surface area (Å²) in [5.74, 6) is 0.982. The van der Waals surface area contributed by atoms with Crippen molar-refractivity contribution in [3.05, 3.63) is 54.6 Å². The lowest BCUT2D eigenvalue weighted by Gasteiger charge is -2.31. The zero-order chi connectivity index (χ0) is 20.7. The number of carbonyl (C=O) groups is 1. The number of piperidine rings is 1. The summed E-state index contributed by atoms with van der Waals surface area (Å²) in [4.78, 5) is 13.9. The van der Waals surface area contributed by atoms with E-state index in [4.69, 9.17) is 4.74 Å². The van der Waals surface area contributed by atoms with Gasteiger partial charge in [-0.15, -0.1) is 11.8 Å². The molecule has 1 saturated heterocycles. The molecule has 6 nitrogen and oxygen atoms in total. The molecule has 3 rings (SSSR count). The molecule has 1 aliphatic heterocycles. The second kappa shape index (κ2) is 10.1. The van der Waals surface area contributed by atoms with Crippen LogP contribution in [-0.2, 0) is 14.8 Å². The molecule has 1 aliphatic rings. The van der Waals surface area contributed by atoms with Gasteiger partial charge >= 0.3 is 0 Å². The maximum absolute atomic E-state index is 12.9. The molecule has 1 heterocycles. The van der Waals surface area contributed by atoms with Gasteiger partial charge < -0.3 is 10.1 Å². The number of amides is 1. The van der Waals surface area contributed by atoms with Crippen LogP contribution in [0.2, 0.25) is 0 Å². The van der Waals surface area contributed by atoms with Crippen LogP contribution in [0.25, 0.3) is 0 Å². The summed E-state index contributed by atoms with van der Waals surface area (Å²) < 4.78 is 32.4. The predicted octanol–water partition coefficient (Wildman–Crippen LogP) is 3.00. The van der Waals surface area contributed by atoms with E-state index in [0.29, 0.717) is 31.7 Å². The van der Waals surface area contributed by atoms with Crippen LogP contribution in [0.15, 0.2) is 64.4 Å². The molecule has 1 N–H and O–H groups in total. The van der Waals surface area contributed by atoms with E-state index in [1.807, 2.05) is 30.3 Å². The maximum Gasteiger partial charge on any atom is 0.243 e. The third-order valence-corrected chi connectivity index (χ3v) is 7.76. The Bertz CT molecular complexity index is 902. The number of nitrogens with one attached hydrogen (secondary N) is 1. The van der Waals surface area contributed by atoms with Crippen LogP contribution in [0.1, 0.15) is 12.8 Å². The fourth-order valence-corrected chi connectivity index (χ4v) is 5.59. The van der Waals surface area contributed by atoms with Crippen molar-refractivity contribution in [2.24, 2.45) is 5.92 Å². The summed E-state index contributed by atoms with van der Waals surface area (Å²) in [7, 11) is -2.08. The molecular formula is C21H26N2O4S2. The van der Waals surface area contributed by atoms with Crippen molar-refractivity contribution in [2.45, 2.75) is 22.6 Å². The second-order valence-corrected chi connectivity index (χ2v) is 9.94. The fourth-order valence-electron chi connectivity index (χ4n) is 3.28. The van der Waals surface area contributed by atoms with Crippen molar-refractivity contribution < 1.29 is 17.9 Å². The molecule has 2 aromatic carbocycles. The molecule has 0 bridgehead atoms. The summed E-state index contributed by atoms with van der Waals surface area (Å²) in [6, 6.07) is 16.4. The van der Waals surface area contributed by atoms with Crippen LogP contribution in [0.4, 0.5) is 0 Å². The Morgan fingerprint density at radius 3 is 2.59 bits per heavy atom. The van der Waals surface area contributed by atoms with Crippen molar-refractivity contribution in [3.8, 4) is 5.75 Å². The molecule has 1 unspecified atom stereocenters. The molecule has 0 radical (unpaired) electrons. The number of rotatable bonds is 8. The van der Waals surface area contributed by atoms with Crippen molar-refractivity contribution in [2.75, 3.05) is 32.5 Å². The highest BCUT2D eigenvalue weighted by atomic mass is 32.2. The van der Waals surface area contributed by atoms with E-state index in [0.717, 1.165) is 10.6 Å². The van der Waals surface area contributed by atoms with E-state index >= 15 is 0 Å². The Labute approximate surface area is 176 Å². The van der Waals surface area contributed by atoms with Gasteiger partial charge in [-0.05, 0) is 49.2 Å². The topological polar surface area (TPSA) is 75.7 Å². The van der Waals surface area contributed by atoms with Crippen LogP contribution >= 0.6 is 11.8 Å². The number of carbonyl (C=O) groups excluding carboxylic acids is 1. The number of hydrogen-bond donors (Lipinski definition) is 1. The molecular weight excluding hydrogens is 408 g/mol. The molecule has 1 atom stereocenters. The van der Waals surface area contributed by atoms with E-state index in [-0.39, 0.29) is 23.3 Å². The highest BCUT2D eigenvalue weighted by molar-refractivity contribution is 7.99. The lowest BCUT2D eigenvalue weighted by atomic mass is 9.99. The van der Waals surface area contributed by atoms with Gasteiger partial charge in [-0.2, -0.15) is 4.31 Å². The van der Waals surface area contributed by atoms with Gasteiger partial charge in [-0.3, -0.25) is 4.79 Å². The average molecular weight is 435 g/mol. The first-order valence-electron chi connectivity index (χ1n) is 9.60. The Hall–Kier alpha value is -2.03. The molecule has 1 fully saturated rings. The van der Waals surface area contributed by atoms with E-state index < -0.39 is 10.0 Å². The zero-order valence-corrected chi connectivity index (χ0v) is 18.0. The first-order valence-corrected chi connectivity index (χ1v) is 12.0. The minimum Gasteiger partial charge on any atom is -0.497 e. The largest absolute Gasteiger partial charge is 0.497 e. The average Bonchev–Trinajstić information content (AvgIpc) is 2.77. The van der Waals surface area contributed by atoms with Gasteiger partial charge in [0.25, 0.3) is 0 Å². The van der Waals surface area contributed by atoms with Gasteiger partial charge in [0.1, 0.15) is 5.75 Å². The maximum atomic E-state index is 12.9. The molecule has 1 amide bonds. The summed E-state index contributed by atoms with van der Waals surface area (Å²) in [6.45, 7) is 1.20. The monoisotopic (exact) mass is 434 g/mol. The molecule has 29 heavy (non-hydrogen) atoms. The first kappa shape index (κ1) is 21.7. The van der Waals surface area contributed by atoms with Gasteiger partial charge in [0.2, 0.25) is 15.9 Å². The second-order valence-electron chi connectivity index (χ2n) is 6.83. The Balaban J connectivity index is 1.52. The van der Waals surface area contributed by atoms with E-state index in [1.165, 1.54) is 11.4 Å². The number of hydrogen-bond acceptors (Lipinski definition) is 5. The lowest BCUT2D eigenvalue weighted by molar-refractivity contribution is -0.125. The minimum atomic E-state index is -3.62. The number of nitrogens with zero attached hydrogens (tertiary/aromatic N) is 1. The van der Waals surface area contributed by atoms with Crippen molar-refractivity contribution >= 4 is 27.7 Å². The standard InChI is InChI=1S/C21H26N2O4S2/c1-27-18-9-11-20(12-10-18)29(25,26)23-14-5-6-17(16-23)21(24)22-13-15-28-19-7-3-2-4-8-19/h2-4,7-12,17H,5-6,13-16H2,1H3,(H,22,24). The molecule has 2 aromatic rings. The van der Waals surface area contributed by atoms with Crippen molar-refractivity contribution in [3.63, 3.8) is 0 Å². The highest BCUT2D eigenvalue weighted by Gasteiger charge is 2.33. The SMILES string of the molecule is COc1ccc(S(=O)(=O)N2CCCC(C(=O)NCCSc3ccccc3)C2)cc1. The van der Waals surface area contributed by atoms with Gasteiger partial charge in [-0.1, -0.05) is 18.2 Å². The zero-order valence-electron chi connectivity index (χ0n) is 16.4. The molecule has 156 valence electrons. The van der Waals surface area contributed by atoms with E-state index in [1.54, 1.807) is 36.0 Å². The molecule has 0 aliphatic carbocycles. The Morgan fingerprint density at radius 1 is 1.17 bits per heavy atom. The van der Waals surface area contributed by atoms with Crippen LogP contribution in [0.3, 0.4) is 0 Å². The molecule has 0 spiro atoms. The summed E-state index contributed by atoms with van der Waals surface area (Å²) >= 11 is 1.68. The van der Waals surface area contributed by atoms with E-state index in [2.05, 4.69) is 5.32 Å². The number of methoxy groups -OCH3 is 1. The fraction of sp³-hybridized carbons (Fsp3) is 0.381. The number of thioether (sulfide) groups is 1. The number of benzene rings is 2. The Kier molecular flexibility index (Phi) is 7.57. The number of ether oxygens (including phenoxy) is 1. The van der Waals surface area contributed by atoms with Crippen molar-refractivity contribution in [1.82, 2.24) is 9.62 Å². The molecule has 0 saturated carbocycles. The summed E-state index contributed by atoms with van der Waals surface area (Å²) in [6.07, 6.45) is 1.37. The first-order chi connectivity index (χ1) is 14.0. The van der Waals surface area contributed by atoms with Gasteiger partial charge in [0.05, 0.1) is 17.9 Å². The third kappa shape index (κ3) is 5.74. The normalized spacial score (nSPS) is 17.6. The summed E-state index contributed by atoms with van der Waals surface area (Å²) in [5, 5.41) is 2.95. The number of sulfonamides is 1. The minimum absolute atomic E-state index is 0.0757. The van der Waals surface area contributed by atoms with Gasteiger partial charge in [0.15, 0.2) is 0 Å². The predicted molar refractivity (Wildman–Crippen MR) is 115 cm³/mol. The van der Waals surface area contributed by atoms with E-state index in [9.17, 15) is 13.2 Å². The summed E-state index contributed by atoms with van der Waals surface area (Å²) in [5.41, 5.74) is 0. The quantitative estimate of drug-likeness (QED) is 0.511. The molecule has 0 aromatic heterocycles. The van der Waals surface area contributed by atoms with Gasteiger partial charge in [0, 0.05) is 30.3 Å².